The second-order valence-electron chi connectivity index (χ2n) is 3.72. The monoisotopic (exact) mass is 239 g/mol. The molecule has 0 fully saturated rings. The molecule has 1 aromatic heterocycles. The number of methoxy groups -OCH3 is 1. The van der Waals surface area contributed by atoms with Gasteiger partial charge in [-0.2, -0.15) is 4.98 Å². The van der Waals surface area contributed by atoms with Crippen LogP contribution in [0.25, 0.3) is 0 Å². The molecule has 0 spiro atoms. The largest absolute Gasteiger partial charge is 0.489 e. The van der Waals surface area contributed by atoms with E-state index in [1.165, 1.54) is 25.6 Å². The van der Waals surface area contributed by atoms with Crippen LogP contribution < -0.4 is 14.8 Å². The molecule has 0 aliphatic heterocycles. The smallest absolute Gasteiger partial charge is 0.262 e. The van der Waals surface area contributed by atoms with Crippen molar-refractivity contribution in [3.05, 3.63) is 6.33 Å². The zero-order valence-corrected chi connectivity index (χ0v) is 10.8. The van der Waals surface area contributed by atoms with Crippen molar-refractivity contribution >= 4 is 5.82 Å². The lowest BCUT2D eigenvalue weighted by molar-refractivity contribution is 0.273. The highest BCUT2D eigenvalue weighted by Crippen LogP contribution is 2.30. The lowest BCUT2D eigenvalue weighted by atomic mass is 10.2. The molecule has 1 aromatic rings. The number of anilines is 1. The number of aromatic nitrogens is 2. The van der Waals surface area contributed by atoms with Gasteiger partial charge in [-0.05, 0) is 6.42 Å². The number of nitrogens with one attached hydrogen (secondary N) is 1. The van der Waals surface area contributed by atoms with Crippen LogP contribution in [0.1, 0.15) is 32.6 Å². The highest BCUT2D eigenvalue weighted by molar-refractivity contribution is 5.54. The minimum absolute atomic E-state index is 0.503. The van der Waals surface area contributed by atoms with Crippen molar-refractivity contribution in [3.63, 3.8) is 0 Å². The van der Waals surface area contributed by atoms with Gasteiger partial charge in [0.25, 0.3) is 5.88 Å². The van der Waals surface area contributed by atoms with Gasteiger partial charge in [0.05, 0.1) is 13.7 Å². The molecule has 0 aromatic carbocycles. The Balaban J connectivity index is 2.52. The molecule has 0 bridgehead atoms. The number of rotatable bonds is 8. The number of nitrogens with zero attached hydrogens (tertiary/aromatic N) is 2. The Morgan fingerprint density at radius 1 is 1.24 bits per heavy atom. The van der Waals surface area contributed by atoms with Crippen molar-refractivity contribution in [2.45, 2.75) is 32.6 Å². The van der Waals surface area contributed by atoms with Gasteiger partial charge in [-0.3, -0.25) is 0 Å². The Morgan fingerprint density at radius 3 is 2.71 bits per heavy atom. The maximum absolute atomic E-state index is 5.60. The van der Waals surface area contributed by atoms with E-state index < -0.39 is 0 Å². The van der Waals surface area contributed by atoms with Gasteiger partial charge in [-0.15, -0.1) is 0 Å². The van der Waals surface area contributed by atoms with Gasteiger partial charge in [0.1, 0.15) is 6.33 Å². The molecule has 17 heavy (non-hydrogen) atoms. The Hall–Kier alpha value is -1.52. The van der Waals surface area contributed by atoms with E-state index >= 15 is 0 Å². The SMILES string of the molecule is CCCCCCOc1ncnc(NC)c1OC. The minimum atomic E-state index is 0.503. The summed E-state index contributed by atoms with van der Waals surface area (Å²) in [5.74, 6) is 1.71. The number of hydrogen-bond donors (Lipinski definition) is 1. The predicted molar refractivity (Wildman–Crippen MR) is 67.8 cm³/mol. The summed E-state index contributed by atoms with van der Waals surface area (Å²) in [5, 5.41) is 2.94. The predicted octanol–water partition coefficient (Wildman–Crippen LogP) is 2.49. The van der Waals surface area contributed by atoms with Crippen LogP contribution in [0.15, 0.2) is 6.33 Å². The molecule has 0 aliphatic carbocycles. The molecule has 1 rings (SSSR count). The quantitative estimate of drug-likeness (QED) is 0.706. The average molecular weight is 239 g/mol. The summed E-state index contributed by atoms with van der Waals surface area (Å²) in [7, 11) is 3.37. The summed E-state index contributed by atoms with van der Waals surface area (Å²) >= 11 is 0. The van der Waals surface area contributed by atoms with Gasteiger partial charge < -0.3 is 14.8 Å². The number of ether oxygens (including phenoxy) is 2. The minimum Gasteiger partial charge on any atom is -0.489 e. The first-order chi connectivity index (χ1) is 8.33. The third-order valence-electron chi connectivity index (χ3n) is 2.45. The van der Waals surface area contributed by atoms with Crippen LogP contribution in [0.5, 0.6) is 11.6 Å². The summed E-state index contributed by atoms with van der Waals surface area (Å²) < 4.78 is 10.8. The molecule has 0 saturated heterocycles. The fraction of sp³-hybridized carbons (Fsp3) is 0.667. The van der Waals surface area contributed by atoms with Crippen molar-refractivity contribution in [1.82, 2.24) is 9.97 Å². The van der Waals surface area contributed by atoms with Crippen LogP contribution in [0.3, 0.4) is 0 Å². The van der Waals surface area contributed by atoms with E-state index in [9.17, 15) is 0 Å². The highest BCUT2D eigenvalue weighted by atomic mass is 16.5. The van der Waals surface area contributed by atoms with E-state index in [0.29, 0.717) is 24.1 Å². The van der Waals surface area contributed by atoms with E-state index in [2.05, 4.69) is 22.2 Å². The Bertz CT molecular complexity index is 332. The van der Waals surface area contributed by atoms with Crippen LogP contribution >= 0.6 is 0 Å². The van der Waals surface area contributed by atoms with E-state index in [-0.39, 0.29) is 0 Å². The molecule has 0 saturated carbocycles. The summed E-state index contributed by atoms with van der Waals surface area (Å²) in [6, 6.07) is 0. The van der Waals surface area contributed by atoms with Crippen LogP contribution in [0.4, 0.5) is 5.82 Å². The van der Waals surface area contributed by atoms with Crippen LogP contribution in [0, 0.1) is 0 Å². The lowest BCUT2D eigenvalue weighted by Crippen LogP contribution is -2.04. The van der Waals surface area contributed by atoms with Crippen molar-refractivity contribution in [3.8, 4) is 11.6 Å². The zero-order chi connectivity index (χ0) is 12.5. The zero-order valence-electron chi connectivity index (χ0n) is 10.8. The summed E-state index contributed by atoms with van der Waals surface area (Å²) in [5.41, 5.74) is 0. The summed E-state index contributed by atoms with van der Waals surface area (Å²) in [4.78, 5) is 8.14. The van der Waals surface area contributed by atoms with Gasteiger partial charge in [0.2, 0.25) is 5.75 Å². The normalized spacial score (nSPS) is 10.1. The van der Waals surface area contributed by atoms with Gasteiger partial charge in [-0.25, -0.2) is 4.98 Å². The van der Waals surface area contributed by atoms with E-state index in [0.717, 1.165) is 6.42 Å². The van der Waals surface area contributed by atoms with Crippen molar-refractivity contribution in [1.29, 1.82) is 0 Å². The number of unbranched alkanes of at least 4 members (excludes halogenated alkanes) is 3. The van der Waals surface area contributed by atoms with E-state index in [4.69, 9.17) is 9.47 Å². The second-order valence-corrected chi connectivity index (χ2v) is 3.72. The molecule has 0 aliphatic rings. The molecule has 1 heterocycles. The van der Waals surface area contributed by atoms with Crippen LogP contribution in [-0.2, 0) is 0 Å². The topological polar surface area (TPSA) is 56.3 Å². The molecule has 0 unspecified atom stereocenters. The van der Waals surface area contributed by atoms with Gasteiger partial charge in [-0.1, -0.05) is 26.2 Å². The van der Waals surface area contributed by atoms with Crippen molar-refractivity contribution < 1.29 is 9.47 Å². The lowest BCUT2D eigenvalue weighted by Gasteiger charge is -2.11. The maximum Gasteiger partial charge on any atom is 0.262 e. The third kappa shape index (κ3) is 4.09. The molecular formula is C12H21N3O2. The molecule has 5 nitrogen and oxygen atoms in total. The molecule has 0 radical (unpaired) electrons. The fourth-order valence-corrected chi connectivity index (χ4v) is 1.52. The highest BCUT2D eigenvalue weighted by Gasteiger charge is 2.11. The Morgan fingerprint density at radius 2 is 2.06 bits per heavy atom. The van der Waals surface area contributed by atoms with Crippen molar-refractivity contribution in [2.24, 2.45) is 0 Å². The van der Waals surface area contributed by atoms with Gasteiger partial charge >= 0.3 is 0 Å². The standard InChI is InChI=1S/C12H21N3O2/c1-4-5-6-7-8-17-12-10(16-3)11(13-2)14-9-15-12/h9H,4-8H2,1-3H3,(H,13,14,15). The molecular weight excluding hydrogens is 218 g/mol. The van der Waals surface area contributed by atoms with Crippen molar-refractivity contribution in [2.75, 3.05) is 26.1 Å². The summed E-state index contributed by atoms with van der Waals surface area (Å²) in [6.07, 6.45) is 6.15. The molecule has 96 valence electrons. The average Bonchev–Trinajstić information content (AvgIpc) is 2.38. The first-order valence-corrected chi connectivity index (χ1v) is 6.03. The molecule has 0 atom stereocenters. The van der Waals surface area contributed by atoms with E-state index in [1.54, 1.807) is 14.2 Å². The third-order valence-corrected chi connectivity index (χ3v) is 2.45. The maximum atomic E-state index is 5.60. The molecule has 0 amide bonds. The number of hydrogen-bond acceptors (Lipinski definition) is 5. The molecule has 1 N–H and O–H groups in total. The van der Waals surface area contributed by atoms with Crippen LogP contribution in [0.2, 0.25) is 0 Å². The fourth-order valence-electron chi connectivity index (χ4n) is 1.52. The van der Waals surface area contributed by atoms with E-state index in [1.807, 2.05) is 0 Å². The Labute approximate surface area is 103 Å². The van der Waals surface area contributed by atoms with Gasteiger partial charge in [0.15, 0.2) is 5.82 Å². The molecule has 5 heteroatoms. The van der Waals surface area contributed by atoms with Crippen LogP contribution in [-0.4, -0.2) is 30.7 Å². The summed E-state index contributed by atoms with van der Waals surface area (Å²) in [6.45, 7) is 2.85. The first kappa shape index (κ1) is 13.5. The Kier molecular flexibility index (Phi) is 6.14. The second kappa shape index (κ2) is 7.70. The first-order valence-electron chi connectivity index (χ1n) is 6.03. The van der Waals surface area contributed by atoms with Gasteiger partial charge in [0, 0.05) is 7.05 Å².